The topological polar surface area (TPSA) is 58.1 Å². The summed E-state index contributed by atoms with van der Waals surface area (Å²) in [4.78, 5) is 26.2. The largest absolute Gasteiger partial charge is 0.350 e. The van der Waals surface area contributed by atoms with Gasteiger partial charge in [0.2, 0.25) is 5.91 Å². The van der Waals surface area contributed by atoms with Crippen molar-refractivity contribution in [2.75, 3.05) is 23.8 Å². The van der Waals surface area contributed by atoms with Crippen molar-refractivity contribution in [2.24, 2.45) is 5.92 Å². The third-order valence-corrected chi connectivity index (χ3v) is 6.72. The van der Waals surface area contributed by atoms with Gasteiger partial charge in [-0.15, -0.1) is 11.3 Å². The molecule has 2 heterocycles. The number of amides is 1. The van der Waals surface area contributed by atoms with E-state index >= 15 is 0 Å². The molecule has 6 heteroatoms. The van der Waals surface area contributed by atoms with Crippen molar-refractivity contribution in [1.82, 2.24) is 9.97 Å². The second-order valence-corrected chi connectivity index (χ2v) is 8.98. The number of benzene rings is 1. The second-order valence-electron chi connectivity index (χ2n) is 7.90. The number of likely N-dealkylation sites (N-methyl/N-ethyl adjacent to an activating group) is 1. The Morgan fingerprint density at radius 1 is 1.29 bits per heavy atom. The number of aryl methyl sites for hydroxylation is 3. The van der Waals surface area contributed by atoms with Gasteiger partial charge >= 0.3 is 0 Å². The fourth-order valence-corrected chi connectivity index (χ4v) is 5.37. The monoisotopic (exact) mass is 394 g/mol. The molecular weight excluding hydrogens is 368 g/mol. The molecule has 0 unspecified atom stereocenters. The zero-order valence-corrected chi connectivity index (χ0v) is 17.7. The van der Waals surface area contributed by atoms with Gasteiger partial charge in [0.25, 0.3) is 0 Å². The Hall–Kier alpha value is -2.47. The van der Waals surface area contributed by atoms with Crippen molar-refractivity contribution >= 4 is 39.0 Å². The van der Waals surface area contributed by atoms with Crippen LogP contribution in [0.2, 0.25) is 0 Å². The fraction of sp³-hybridized carbons (Fsp3) is 0.409. The summed E-state index contributed by atoms with van der Waals surface area (Å²) < 4.78 is 0. The number of nitrogens with zero attached hydrogens (tertiary/aromatic N) is 3. The van der Waals surface area contributed by atoms with E-state index in [0.29, 0.717) is 0 Å². The van der Waals surface area contributed by atoms with E-state index in [-0.39, 0.29) is 12.5 Å². The Balaban J connectivity index is 1.59. The van der Waals surface area contributed by atoms with Crippen LogP contribution in [0.15, 0.2) is 24.5 Å². The summed E-state index contributed by atoms with van der Waals surface area (Å²) in [5, 5.41) is 4.20. The summed E-state index contributed by atoms with van der Waals surface area (Å²) >= 11 is 1.78. The maximum absolute atomic E-state index is 12.7. The number of nitrogens with one attached hydrogen (secondary N) is 1. The summed E-state index contributed by atoms with van der Waals surface area (Å²) in [7, 11) is 1.93. The highest BCUT2D eigenvalue weighted by Crippen LogP contribution is 2.40. The number of hydrogen-bond donors (Lipinski definition) is 1. The molecule has 5 nitrogen and oxygen atoms in total. The predicted octanol–water partition coefficient (Wildman–Crippen LogP) is 4.51. The van der Waals surface area contributed by atoms with Gasteiger partial charge in [-0.25, -0.2) is 9.97 Å². The molecule has 1 aliphatic rings. The summed E-state index contributed by atoms with van der Waals surface area (Å²) in [6, 6.07) is 6.03. The molecule has 28 heavy (non-hydrogen) atoms. The van der Waals surface area contributed by atoms with Crippen LogP contribution in [0.4, 0.5) is 11.5 Å². The van der Waals surface area contributed by atoms with Crippen LogP contribution >= 0.6 is 11.3 Å². The number of thiophene rings is 1. The first-order valence-electron chi connectivity index (χ1n) is 9.76. The number of carbonyl (C=O) groups excluding carboxylic acids is 1. The van der Waals surface area contributed by atoms with E-state index in [0.717, 1.165) is 51.6 Å². The van der Waals surface area contributed by atoms with Crippen LogP contribution < -0.4 is 10.2 Å². The third kappa shape index (κ3) is 3.49. The average Bonchev–Trinajstić information content (AvgIpc) is 3.02. The summed E-state index contributed by atoms with van der Waals surface area (Å²) in [6.45, 7) is 6.59. The highest BCUT2D eigenvalue weighted by molar-refractivity contribution is 7.19. The molecule has 146 valence electrons. The maximum Gasteiger partial charge on any atom is 0.243 e. The lowest BCUT2D eigenvalue weighted by molar-refractivity contribution is -0.114. The Morgan fingerprint density at radius 3 is 2.79 bits per heavy atom. The van der Waals surface area contributed by atoms with Gasteiger partial charge in [0.05, 0.1) is 11.9 Å². The third-order valence-electron chi connectivity index (χ3n) is 5.56. The number of carbonyl (C=O) groups is 1. The van der Waals surface area contributed by atoms with Gasteiger partial charge in [0.15, 0.2) is 0 Å². The lowest BCUT2D eigenvalue weighted by Crippen LogP contribution is -2.31. The zero-order chi connectivity index (χ0) is 19.8. The molecule has 1 N–H and O–H groups in total. The molecule has 1 aliphatic carbocycles. The van der Waals surface area contributed by atoms with Gasteiger partial charge in [-0.3, -0.25) is 4.79 Å². The van der Waals surface area contributed by atoms with Crippen molar-refractivity contribution in [2.45, 2.75) is 40.0 Å². The molecule has 1 atom stereocenters. The van der Waals surface area contributed by atoms with Crippen molar-refractivity contribution in [3.8, 4) is 0 Å². The Kier molecular flexibility index (Phi) is 5.06. The van der Waals surface area contributed by atoms with Crippen molar-refractivity contribution in [3.63, 3.8) is 0 Å². The molecule has 4 rings (SSSR count). The first-order chi connectivity index (χ1) is 13.4. The standard InChI is InChI=1S/C22H26N4OS/c1-13-8-9-16-17(10-13)28-22-19(16)21(23-12-24-22)26(4)11-18(27)25-20-14(2)6-5-7-15(20)3/h5-7,12-13H,8-11H2,1-4H3,(H,25,27)/t13-/m1/s1. The van der Waals surface area contributed by atoms with Crippen molar-refractivity contribution < 1.29 is 4.79 Å². The number of rotatable bonds is 4. The van der Waals surface area contributed by atoms with Crippen LogP contribution in [0.25, 0.3) is 10.2 Å². The molecule has 0 fully saturated rings. The Labute approximate surface area is 169 Å². The highest BCUT2D eigenvalue weighted by atomic mass is 32.1. The van der Waals surface area contributed by atoms with Gasteiger partial charge in [0.1, 0.15) is 17.0 Å². The molecule has 0 aliphatic heterocycles. The van der Waals surface area contributed by atoms with Crippen molar-refractivity contribution in [3.05, 3.63) is 46.1 Å². The normalized spacial score (nSPS) is 16.1. The van der Waals surface area contributed by atoms with E-state index in [1.165, 1.54) is 16.9 Å². The van der Waals surface area contributed by atoms with Crippen molar-refractivity contribution in [1.29, 1.82) is 0 Å². The Morgan fingerprint density at radius 2 is 2.04 bits per heavy atom. The molecular formula is C22H26N4OS. The van der Waals surface area contributed by atoms with Gasteiger partial charge in [0, 0.05) is 17.6 Å². The van der Waals surface area contributed by atoms with Crippen LogP contribution in [-0.2, 0) is 17.6 Å². The molecule has 0 spiro atoms. The van der Waals surface area contributed by atoms with Crippen LogP contribution in [0, 0.1) is 19.8 Å². The number of hydrogen-bond acceptors (Lipinski definition) is 5. The smallest absolute Gasteiger partial charge is 0.243 e. The second kappa shape index (κ2) is 7.51. The number of para-hydroxylation sites is 1. The van der Waals surface area contributed by atoms with E-state index in [1.54, 1.807) is 17.7 Å². The molecule has 3 aromatic rings. The lowest BCUT2D eigenvalue weighted by Gasteiger charge is -2.21. The highest BCUT2D eigenvalue weighted by Gasteiger charge is 2.24. The lowest BCUT2D eigenvalue weighted by atomic mass is 9.89. The van der Waals surface area contributed by atoms with E-state index in [9.17, 15) is 4.79 Å². The molecule has 0 saturated heterocycles. The molecule has 1 amide bonds. The summed E-state index contributed by atoms with van der Waals surface area (Å²) in [5.41, 5.74) is 4.43. The van der Waals surface area contributed by atoms with E-state index in [4.69, 9.17) is 0 Å². The maximum atomic E-state index is 12.7. The van der Waals surface area contributed by atoms with Gasteiger partial charge in [-0.05, 0) is 55.7 Å². The SMILES string of the molecule is Cc1cccc(C)c1NC(=O)CN(C)c1ncnc2sc3c(c12)CC[C@@H](C)C3. The molecule has 1 aromatic carbocycles. The van der Waals surface area contributed by atoms with E-state index < -0.39 is 0 Å². The minimum absolute atomic E-state index is 0.0376. The molecule has 2 aromatic heterocycles. The first kappa shape index (κ1) is 18.9. The summed E-state index contributed by atoms with van der Waals surface area (Å²) in [6.07, 6.45) is 5.00. The minimum atomic E-state index is -0.0376. The number of aromatic nitrogens is 2. The van der Waals surface area contributed by atoms with Gasteiger partial charge in [-0.2, -0.15) is 0 Å². The zero-order valence-electron chi connectivity index (χ0n) is 16.9. The van der Waals surface area contributed by atoms with Gasteiger partial charge < -0.3 is 10.2 Å². The number of anilines is 2. The predicted molar refractivity (Wildman–Crippen MR) is 116 cm³/mol. The minimum Gasteiger partial charge on any atom is -0.350 e. The molecule has 0 bridgehead atoms. The molecule has 0 radical (unpaired) electrons. The fourth-order valence-electron chi connectivity index (χ4n) is 4.03. The van der Waals surface area contributed by atoms with Crippen LogP contribution in [0.1, 0.15) is 34.9 Å². The van der Waals surface area contributed by atoms with E-state index in [2.05, 4.69) is 22.2 Å². The Bertz CT molecular complexity index is 1020. The molecule has 0 saturated carbocycles. The first-order valence-corrected chi connectivity index (χ1v) is 10.6. The quantitative estimate of drug-likeness (QED) is 0.707. The van der Waals surface area contributed by atoms with Crippen LogP contribution in [0.5, 0.6) is 0 Å². The van der Waals surface area contributed by atoms with Crippen LogP contribution in [0.3, 0.4) is 0 Å². The summed E-state index contributed by atoms with van der Waals surface area (Å²) in [5.74, 6) is 1.54. The average molecular weight is 395 g/mol. The number of fused-ring (bicyclic) bond motifs is 3. The van der Waals surface area contributed by atoms with E-state index in [1.807, 2.05) is 44.0 Å². The van der Waals surface area contributed by atoms with Gasteiger partial charge in [-0.1, -0.05) is 25.1 Å². The van der Waals surface area contributed by atoms with Crippen LogP contribution in [-0.4, -0.2) is 29.5 Å².